The molecule has 3 rings (SSSR count). The van der Waals surface area contributed by atoms with Gasteiger partial charge in [-0.1, -0.05) is 18.2 Å². The number of benzene rings is 1. The normalized spacial score (nSPS) is 13.6. The fourth-order valence-corrected chi connectivity index (χ4v) is 4.30. The molecule has 0 saturated carbocycles. The van der Waals surface area contributed by atoms with Crippen LogP contribution in [0.15, 0.2) is 57.7 Å². The lowest BCUT2D eigenvalue weighted by molar-refractivity contribution is -0.153. The number of anilines is 1. The molecule has 1 aromatic carbocycles. The highest BCUT2D eigenvalue weighted by molar-refractivity contribution is 6.06. The van der Waals surface area contributed by atoms with E-state index in [1.165, 1.54) is 4.68 Å². The molecule has 12 heteroatoms. The van der Waals surface area contributed by atoms with Crippen molar-refractivity contribution in [3.8, 4) is 5.69 Å². The molecule has 2 N–H and O–H groups in total. The second kappa shape index (κ2) is 12.3. The van der Waals surface area contributed by atoms with Crippen molar-refractivity contribution in [2.24, 2.45) is 13.0 Å². The van der Waals surface area contributed by atoms with E-state index in [9.17, 15) is 24.0 Å². The smallest absolute Gasteiger partial charge is 0.337 e. The van der Waals surface area contributed by atoms with Crippen molar-refractivity contribution < 1.29 is 33.4 Å². The first-order chi connectivity index (χ1) is 18.5. The van der Waals surface area contributed by atoms with Gasteiger partial charge in [0, 0.05) is 18.4 Å². The number of hydrogen-bond acceptors (Lipinski definition) is 9. The van der Waals surface area contributed by atoms with Gasteiger partial charge in [0.1, 0.15) is 11.6 Å². The number of hydrogen-bond donors (Lipinski definition) is 2. The van der Waals surface area contributed by atoms with E-state index < -0.39 is 41.9 Å². The Morgan fingerprint density at radius 2 is 1.44 bits per heavy atom. The van der Waals surface area contributed by atoms with Gasteiger partial charge in [-0.2, -0.15) is 0 Å². The number of nitrogens with one attached hydrogen (secondary N) is 2. The highest BCUT2D eigenvalue weighted by Gasteiger charge is 2.42. The first kappa shape index (κ1) is 29.0. The largest absolute Gasteiger partial charge is 0.463 e. The molecule has 1 aliphatic heterocycles. The molecule has 0 atom stereocenters. The number of esters is 3. The molecule has 0 spiro atoms. The predicted octanol–water partition coefficient (Wildman–Crippen LogP) is 1.86. The van der Waals surface area contributed by atoms with E-state index in [1.807, 2.05) is 6.07 Å². The lowest BCUT2D eigenvalue weighted by atomic mass is 9.85. The number of allylic oxidation sites excluding steroid dienone is 2. The zero-order valence-corrected chi connectivity index (χ0v) is 22.7. The summed E-state index contributed by atoms with van der Waals surface area (Å²) in [7, 11) is 1.67. The fourth-order valence-electron chi connectivity index (χ4n) is 4.30. The highest BCUT2D eigenvalue weighted by atomic mass is 16.5. The Hall–Kier alpha value is -4.61. The number of dihydropyridines is 1. The zero-order chi connectivity index (χ0) is 28.9. The molecule has 0 unspecified atom stereocenters. The number of carbonyl (C=O) groups excluding carboxylic acids is 4. The van der Waals surface area contributed by atoms with Gasteiger partial charge in [-0.25, -0.2) is 14.3 Å². The van der Waals surface area contributed by atoms with Crippen molar-refractivity contribution in [2.45, 2.75) is 34.6 Å². The van der Waals surface area contributed by atoms with Crippen LogP contribution in [0.2, 0.25) is 0 Å². The summed E-state index contributed by atoms with van der Waals surface area (Å²) in [6, 6.07) is 8.88. The molecule has 0 bridgehead atoms. The number of ether oxygens (including phenoxy) is 3. The predicted molar refractivity (Wildman–Crippen MR) is 141 cm³/mol. The highest BCUT2D eigenvalue weighted by Crippen LogP contribution is 2.32. The van der Waals surface area contributed by atoms with Crippen LogP contribution in [0.5, 0.6) is 0 Å². The summed E-state index contributed by atoms with van der Waals surface area (Å²) in [5.74, 6) is -4.91. The van der Waals surface area contributed by atoms with Crippen molar-refractivity contribution >= 4 is 29.5 Å². The SMILES string of the molecule is CCOC(=O)C1=C(C)NC(C)=C(C(=O)OCC)C1C(=O)OCC(=O)Nc1c(C)n(C)n(-c2ccccc2)c1=O. The fraction of sp³-hybridized carbons (Fsp3) is 0.370. The number of aromatic nitrogens is 2. The first-order valence-corrected chi connectivity index (χ1v) is 12.4. The molecule has 0 radical (unpaired) electrons. The lowest BCUT2D eigenvalue weighted by Crippen LogP contribution is -2.39. The van der Waals surface area contributed by atoms with Crippen molar-refractivity contribution in [3.05, 3.63) is 68.9 Å². The van der Waals surface area contributed by atoms with Gasteiger partial charge in [0.25, 0.3) is 11.5 Å². The van der Waals surface area contributed by atoms with Gasteiger partial charge < -0.3 is 24.8 Å². The molecule has 0 aliphatic carbocycles. The first-order valence-electron chi connectivity index (χ1n) is 12.4. The van der Waals surface area contributed by atoms with Crippen LogP contribution < -0.4 is 16.2 Å². The number of para-hydroxylation sites is 1. The lowest BCUT2D eigenvalue weighted by Gasteiger charge is -2.28. The van der Waals surface area contributed by atoms with Gasteiger partial charge in [-0.15, -0.1) is 0 Å². The van der Waals surface area contributed by atoms with Crippen LogP contribution in [0.1, 0.15) is 33.4 Å². The van der Waals surface area contributed by atoms with E-state index in [0.717, 1.165) is 0 Å². The minimum atomic E-state index is -1.48. The average molecular weight is 541 g/mol. The monoisotopic (exact) mass is 540 g/mol. The molecule has 0 saturated heterocycles. The van der Waals surface area contributed by atoms with Crippen LogP contribution in [0.25, 0.3) is 5.69 Å². The zero-order valence-electron chi connectivity index (χ0n) is 22.7. The van der Waals surface area contributed by atoms with Crippen molar-refractivity contribution in [1.82, 2.24) is 14.7 Å². The van der Waals surface area contributed by atoms with Gasteiger partial charge in [0.15, 0.2) is 6.61 Å². The van der Waals surface area contributed by atoms with Crippen molar-refractivity contribution in [2.75, 3.05) is 25.1 Å². The Bertz CT molecular complexity index is 1380. The van der Waals surface area contributed by atoms with E-state index in [4.69, 9.17) is 14.2 Å². The van der Waals surface area contributed by atoms with Crippen LogP contribution >= 0.6 is 0 Å². The molecular formula is C27H32N4O8. The summed E-state index contributed by atoms with van der Waals surface area (Å²) < 4.78 is 18.4. The Morgan fingerprint density at radius 3 is 1.95 bits per heavy atom. The average Bonchev–Trinajstić information content (AvgIpc) is 3.10. The van der Waals surface area contributed by atoms with Gasteiger partial charge >= 0.3 is 17.9 Å². The minimum absolute atomic E-state index is 0.0233. The Labute approximate surface area is 225 Å². The quantitative estimate of drug-likeness (QED) is 0.359. The van der Waals surface area contributed by atoms with Crippen LogP contribution in [-0.4, -0.2) is 53.0 Å². The summed E-state index contributed by atoms with van der Waals surface area (Å²) >= 11 is 0. The number of rotatable bonds is 9. The van der Waals surface area contributed by atoms with Crippen LogP contribution in [-0.2, 0) is 40.4 Å². The molecule has 12 nitrogen and oxygen atoms in total. The summed E-state index contributed by atoms with van der Waals surface area (Å²) in [5.41, 5.74) is 0.988. The third-order valence-corrected chi connectivity index (χ3v) is 6.15. The van der Waals surface area contributed by atoms with Gasteiger partial charge in [-0.05, 0) is 46.8 Å². The van der Waals surface area contributed by atoms with Gasteiger partial charge in [0.2, 0.25) is 0 Å². The van der Waals surface area contributed by atoms with E-state index in [0.29, 0.717) is 22.8 Å². The maximum Gasteiger partial charge on any atom is 0.337 e. The van der Waals surface area contributed by atoms with Gasteiger partial charge in [0.05, 0.1) is 35.7 Å². The van der Waals surface area contributed by atoms with E-state index in [2.05, 4.69) is 10.6 Å². The van der Waals surface area contributed by atoms with Crippen LogP contribution in [0.4, 0.5) is 5.69 Å². The third-order valence-electron chi connectivity index (χ3n) is 6.15. The number of amides is 1. The molecule has 208 valence electrons. The standard InChI is InChI=1S/C27H32N4O8/c1-7-37-25(34)20-15(3)28-16(4)21(26(35)38-8-2)22(20)27(36)39-14-19(32)29-23-17(5)30(6)31(24(23)33)18-12-10-9-11-13-18/h9-13,22,28H,7-8,14H2,1-6H3,(H,29,32). The maximum atomic E-state index is 13.3. The topological polar surface area (TPSA) is 147 Å². The van der Waals surface area contributed by atoms with E-state index in [-0.39, 0.29) is 30.0 Å². The van der Waals surface area contributed by atoms with Crippen LogP contribution in [0.3, 0.4) is 0 Å². The molecule has 1 aliphatic rings. The third kappa shape index (κ3) is 5.95. The summed E-state index contributed by atoms with van der Waals surface area (Å²) in [4.78, 5) is 64.6. The molecular weight excluding hydrogens is 508 g/mol. The van der Waals surface area contributed by atoms with Crippen molar-refractivity contribution in [1.29, 1.82) is 0 Å². The molecule has 0 fully saturated rings. The number of carbonyl (C=O) groups is 4. The van der Waals surface area contributed by atoms with Crippen LogP contribution in [0, 0.1) is 12.8 Å². The number of nitrogens with zero attached hydrogens (tertiary/aromatic N) is 2. The second-order valence-electron chi connectivity index (χ2n) is 8.67. The van der Waals surface area contributed by atoms with Crippen molar-refractivity contribution in [3.63, 3.8) is 0 Å². The maximum absolute atomic E-state index is 13.3. The summed E-state index contributed by atoms with van der Waals surface area (Å²) in [6.07, 6.45) is 0. The minimum Gasteiger partial charge on any atom is -0.463 e. The van der Waals surface area contributed by atoms with E-state index >= 15 is 0 Å². The Balaban J connectivity index is 1.84. The molecule has 2 aromatic rings. The molecule has 39 heavy (non-hydrogen) atoms. The Kier molecular flexibility index (Phi) is 9.12. The Morgan fingerprint density at radius 1 is 0.897 bits per heavy atom. The second-order valence-corrected chi connectivity index (χ2v) is 8.67. The van der Waals surface area contributed by atoms with Gasteiger partial charge in [-0.3, -0.25) is 19.1 Å². The summed E-state index contributed by atoms with van der Waals surface area (Å²) in [5, 5.41) is 5.41. The molecule has 1 amide bonds. The molecule has 2 heterocycles. The van der Waals surface area contributed by atoms with E-state index in [1.54, 1.807) is 70.6 Å². The molecule has 1 aromatic heterocycles. The summed E-state index contributed by atoms with van der Waals surface area (Å²) in [6.45, 7) is 7.28.